The third-order valence-corrected chi connectivity index (χ3v) is 5.90. The van der Waals surface area contributed by atoms with Crippen molar-refractivity contribution in [3.8, 4) is 22.4 Å². The standard InChI is InChI=1S/C28H24ClF2N3O5/c1-2-38-28(37)25(35)16-34(15-17-7-9-18(10-8-17)21-13-19(29)11-12-23(21)31)32-27(36)26-14-24(33-39-26)20-5-3-4-6-22(20)30/h3-14,25,35H,2,15-16H2,1H3,(H,32,36)/t25-/m1/s1. The maximum Gasteiger partial charge on any atom is 0.336 e. The average molecular weight is 556 g/mol. The molecule has 1 atom stereocenters. The van der Waals surface area contributed by atoms with Gasteiger partial charge in [0.2, 0.25) is 5.76 Å². The number of amides is 1. The van der Waals surface area contributed by atoms with Crippen LogP contribution in [0.25, 0.3) is 22.4 Å². The van der Waals surface area contributed by atoms with Crippen LogP contribution in [-0.2, 0) is 16.1 Å². The fourth-order valence-corrected chi connectivity index (χ4v) is 3.95. The number of carbonyl (C=O) groups is 2. The number of benzene rings is 3. The SMILES string of the molecule is CCOC(=O)[C@H](O)CN(Cc1ccc(-c2cc(Cl)ccc2F)cc1)NC(=O)c1cc(-c2ccccc2F)no1. The fraction of sp³-hybridized carbons (Fsp3) is 0.179. The second-order valence-electron chi connectivity index (χ2n) is 8.47. The zero-order chi connectivity index (χ0) is 27.9. The maximum absolute atomic E-state index is 14.3. The number of aliphatic hydroxyl groups is 1. The summed E-state index contributed by atoms with van der Waals surface area (Å²) in [4.78, 5) is 24.9. The van der Waals surface area contributed by atoms with E-state index in [1.807, 2.05) is 0 Å². The normalized spacial score (nSPS) is 11.8. The van der Waals surface area contributed by atoms with Crippen molar-refractivity contribution in [2.75, 3.05) is 13.2 Å². The Balaban J connectivity index is 1.52. The lowest BCUT2D eigenvalue weighted by atomic mass is 10.0. The molecule has 4 rings (SSSR count). The minimum absolute atomic E-state index is 0.0504. The van der Waals surface area contributed by atoms with E-state index in [9.17, 15) is 23.5 Å². The minimum Gasteiger partial charge on any atom is -0.464 e. The Kier molecular flexibility index (Phi) is 9.03. The molecule has 8 nitrogen and oxygen atoms in total. The lowest BCUT2D eigenvalue weighted by molar-refractivity contribution is -0.154. The monoisotopic (exact) mass is 555 g/mol. The van der Waals surface area contributed by atoms with E-state index in [1.54, 1.807) is 37.3 Å². The summed E-state index contributed by atoms with van der Waals surface area (Å²) in [5.41, 5.74) is 4.44. The zero-order valence-electron chi connectivity index (χ0n) is 20.7. The van der Waals surface area contributed by atoms with Gasteiger partial charge in [-0.2, -0.15) is 0 Å². The van der Waals surface area contributed by atoms with Crippen molar-refractivity contribution in [3.63, 3.8) is 0 Å². The largest absolute Gasteiger partial charge is 0.464 e. The number of hydrogen-bond acceptors (Lipinski definition) is 7. The van der Waals surface area contributed by atoms with E-state index in [1.165, 1.54) is 47.5 Å². The van der Waals surface area contributed by atoms with Crippen molar-refractivity contribution in [3.05, 3.63) is 101 Å². The highest BCUT2D eigenvalue weighted by atomic mass is 35.5. The molecule has 0 aliphatic rings. The van der Waals surface area contributed by atoms with Crippen LogP contribution in [0.2, 0.25) is 5.02 Å². The van der Waals surface area contributed by atoms with Gasteiger partial charge in [-0.3, -0.25) is 10.2 Å². The van der Waals surface area contributed by atoms with Crippen molar-refractivity contribution in [1.82, 2.24) is 15.6 Å². The lowest BCUT2D eigenvalue weighted by Crippen LogP contribution is -2.47. The molecule has 0 aliphatic carbocycles. The van der Waals surface area contributed by atoms with E-state index in [-0.39, 0.29) is 36.7 Å². The molecule has 0 spiro atoms. The number of nitrogens with one attached hydrogen (secondary N) is 1. The van der Waals surface area contributed by atoms with Gasteiger partial charge in [0.15, 0.2) is 6.10 Å². The predicted molar refractivity (Wildman–Crippen MR) is 139 cm³/mol. The van der Waals surface area contributed by atoms with Crippen molar-refractivity contribution in [2.24, 2.45) is 0 Å². The molecule has 39 heavy (non-hydrogen) atoms. The van der Waals surface area contributed by atoms with Gasteiger partial charge in [0, 0.05) is 28.8 Å². The number of rotatable bonds is 10. The second kappa shape index (κ2) is 12.6. The van der Waals surface area contributed by atoms with Gasteiger partial charge in [0.05, 0.1) is 13.2 Å². The molecule has 1 heterocycles. The highest BCUT2D eigenvalue weighted by Gasteiger charge is 2.24. The van der Waals surface area contributed by atoms with Crippen LogP contribution in [0.3, 0.4) is 0 Å². The number of aliphatic hydroxyl groups excluding tert-OH is 1. The van der Waals surface area contributed by atoms with E-state index < -0.39 is 29.6 Å². The zero-order valence-corrected chi connectivity index (χ0v) is 21.5. The minimum atomic E-state index is -1.56. The first kappa shape index (κ1) is 27.9. The smallest absolute Gasteiger partial charge is 0.336 e. The van der Waals surface area contributed by atoms with Crippen LogP contribution in [0.1, 0.15) is 23.0 Å². The maximum atomic E-state index is 14.3. The number of hydrazine groups is 1. The summed E-state index contributed by atoms with van der Waals surface area (Å²) in [6.07, 6.45) is -1.56. The predicted octanol–water partition coefficient (Wildman–Crippen LogP) is 5.01. The Morgan fingerprint density at radius 3 is 2.49 bits per heavy atom. The molecule has 0 fully saturated rings. The van der Waals surface area contributed by atoms with Gasteiger partial charge in [-0.15, -0.1) is 0 Å². The molecule has 0 bridgehead atoms. The first-order chi connectivity index (χ1) is 18.7. The number of halogens is 3. The summed E-state index contributed by atoms with van der Waals surface area (Å²) in [5.74, 6) is -2.77. The van der Waals surface area contributed by atoms with Gasteiger partial charge in [-0.1, -0.05) is 53.2 Å². The van der Waals surface area contributed by atoms with Crippen molar-refractivity contribution in [1.29, 1.82) is 0 Å². The van der Waals surface area contributed by atoms with E-state index in [2.05, 4.69) is 10.6 Å². The van der Waals surface area contributed by atoms with E-state index in [0.717, 1.165) is 0 Å². The Hall–Kier alpha value is -4.12. The lowest BCUT2D eigenvalue weighted by Gasteiger charge is -2.24. The molecular formula is C28H24ClF2N3O5. The van der Waals surface area contributed by atoms with Crippen LogP contribution in [0, 0.1) is 11.6 Å². The van der Waals surface area contributed by atoms with Crippen LogP contribution in [0.4, 0.5) is 8.78 Å². The van der Waals surface area contributed by atoms with Gasteiger partial charge >= 0.3 is 11.9 Å². The molecule has 4 aromatic rings. The van der Waals surface area contributed by atoms with Crippen molar-refractivity contribution >= 4 is 23.5 Å². The van der Waals surface area contributed by atoms with Gasteiger partial charge in [0.25, 0.3) is 0 Å². The highest BCUT2D eigenvalue weighted by Crippen LogP contribution is 2.27. The first-order valence-corrected chi connectivity index (χ1v) is 12.3. The summed E-state index contributed by atoms with van der Waals surface area (Å²) in [6.45, 7) is 1.41. The summed E-state index contributed by atoms with van der Waals surface area (Å²) in [7, 11) is 0. The summed E-state index contributed by atoms with van der Waals surface area (Å²) < 4.78 is 38.3. The quantitative estimate of drug-likeness (QED) is 0.209. The summed E-state index contributed by atoms with van der Waals surface area (Å²) >= 11 is 6.00. The van der Waals surface area contributed by atoms with Crippen LogP contribution in [0.15, 0.2) is 77.3 Å². The fourth-order valence-electron chi connectivity index (χ4n) is 3.78. The molecular weight excluding hydrogens is 532 g/mol. The average Bonchev–Trinajstić information content (AvgIpc) is 3.41. The molecule has 0 saturated carbocycles. The molecule has 1 aromatic heterocycles. The molecule has 202 valence electrons. The molecule has 2 N–H and O–H groups in total. The molecule has 0 aliphatic heterocycles. The Bertz CT molecular complexity index is 1460. The van der Waals surface area contributed by atoms with E-state index >= 15 is 0 Å². The van der Waals surface area contributed by atoms with Gasteiger partial charge < -0.3 is 14.4 Å². The Morgan fingerprint density at radius 2 is 1.77 bits per heavy atom. The number of ether oxygens (including phenoxy) is 1. The van der Waals surface area contributed by atoms with E-state index in [0.29, 0.717) is 21.7 Å². The van der Waals surface area contributed by atoms with Crippen molar-refractivity contribution in [2.45, 2.75) is 19.6 Å². The Labute approximate surface area is 227 Å². The first-order valence-electron chi connectivity index (χ1n) is 11.9. The van der Waals surface area contributed by atoms with Gasteiger partial charge in [-0.05, 0) is 48.4 Å². The van der Waals surface area contributed by atoms with Gasteiger partial charge in [0.1, 0.15) is 17.3 Å². The summed E-state index contributed by atoms with van der Waals surface area (Å²) in [5, 5.41) is 15.8. The molecule has 0 radical (unpaired) electrons. The molecule has 0 saturated heterocycles. The van der Waals surface area contributed by atoms with Crippen molar-refractivity contribution < 1.29 is 32.7 Å². The number of nitrogens with zero attached hydrogens (tertiary/aromatic N) is 2. The van der Waals surface area contributed by atoms with Gasteiger partial charge in [-0.25, -0.2) is 18.6 Å². The Morgan fingerprint density at radius 1 is 1.05 bits per heavy atom. The third kappa shape index (κ3) is 7.05. The third-order valence-electron chi connectivity index (χ3n) is 5.66. The van der Waals surface area contributed by atoms with Crippen LogP contribution in [-0.4, -0.2) is 46.4 Å². The molecule has 3 aromatic carbocycles. The van der Waals surface area contributed by atoms with Crippen LogP contribution in [0.5, 0.6) is 0 Å². The second-order valence-corrected chi connectivity index (χ2v) is 8.90. The number of carbonyl (C=O) groups excluding carboxylic acids is 2. The molecule has 1 amide bonds. The van der Waals surface area contributed by atoms with E-state index in [4.69, 9.17) is 20.9 Å². The molecule has 0 unspecified atom stereocenters. The van der Waals surface area contributed by atoms with Crippen LogP contribution < -0.4 is 5.43 Å². The summed E-state index contributed by atoms with van der Waals surface area (Å²) in [6, 6.07) is 18.2. The number of aromatic nitrogens is 1. The number of esters is 1. The van der Waals surface area contributed by atoms with Crippen LogP contribution >= 0.6 is 11.6 Å². The number of hydrogen-bond donors (Lipinski definition) is 2. The highest BCUT2D eigenvalue weighted by molar-refractivity contribution is 6.30. The topological polar surface area (TPSA) is 105 Å². The molecule has 11 heteroatoms.